The number of carboxylic acids is 1. The summed E-state index contributed by atoms with van der Waals surface area (Å²) in [5, 5.41) is 17.1. The van der Waals surface area contributed by atoms with Crippen LogP contribution in [0.15, 0.2) is 36.4 Å². The van der Waals surface area contributed by atoms with Gasteiger partial charge in [0.05, 0.1) is 17.1 Å². The van der Waals surface area contributed by atoms with Crippen LogP contribution >= 0.6 is 11.6 Å². The van der Waals surface area contributed by atoms with Gasteiger partial charge in [0.15, 0.2) is 0 Å². The Morgan fingerprint density at radius 1 is 1.33 bits per heavy atom. The van der Waals surface area contributed by atoms with Gasteiger partial charge in [-0.2, -0.15) is 0 Å². The van der Waals surface area contributed by atoms with Crippen molar-refractivity contribution in [2.45, 2.75) is 6.54 Å². The second-order valence-corrected chi connectivity index (χ2v) is 4.88. The molecule has 0 saturated carbocycles. The highest BCUT2D eigenvalue weighted by molar-refractivity contribution is 6.30. The van der Waals surface area contributed by atoms with Crippen molar-refractivity contribution in [2.24, 2.45) is 0 Å². The molecule has 0 spiro atoms. The van der Waals surface area contributed by atoms with Crippen LogP contribution < -0.4 is 0 Å². The van der Waals surface area contributed by atoms with Gasteiger partial charge in [0.1, 0.15) is 16.9 Å². The fourth-order valence-corrected chi connectivity index (χ4v) is 2.33. The first-order chi connectivity index (χ1) is 10.1. The highest BCUT2D eigenvalue weighted by Crippen LogP contribution is 2.20. The molecule has 0 aliphatic rings. The normalized spacial score (nSPS) is 11.0. The number of para-hydroxylation sites is 1. The molecule has 5 nitrogen and oxygen atoms in total. The molecule has 0 amide bonds. The molecule has 0 unspecified atom stereocenters. The number of hydrogen-bond donors (Lipinski definition) is 1. The molecule has 1 heterocycles. The molecule has 0 aliphatic heterocycles. The molecule has 0 fully saturated rings. The number of carboxylic acid groups (broad SMARTS) is 1. The van der Waals surface area contributed by atoms with Gasteiger partial charge in [0.25, 0.3) is 0 Å². The van der Waals surface area contributed by atoms with Gasteiger partial charge < -0.3 is 5.11 Å². The fraction of sp³-hybridized carbons (Fsp3) is 0.0714. The fourth-order valence-electron chi connectivity index (χ4n) is 2.12. The van der Waals surface area contributed by atoms with Crippen molar-refractivity contribution < 1.29 is 14.3 Å². The lowest BCUT2D eigenvalue weighted by Crippen LogP contribution is -2.06. The summed E-state index contributed by atoms with van der Waals surface area (Å²) in [6, 6.07) is 9.09. The van der Waals surface area contributed by atoms with Crippen LogP contribution in [0.1, 0.15) is 15.9 Å². The zero-order valence-electron chi connectivity index (χ0n) is 10.6. The SMILES string of the molecule is O=C(O)c1cccc2nnn(Cc3ccc(F)c(Cl)c3)c12. The second-order valence-electron chi connectivity index (χ2n) is 4.47. The minimum Gasteiger partial charge on any atom is -0.478 e. The molecule has 1 N–H and O–H groups in total. The van der Waals surface area contributed by atoms with Crippen LogP contribution in [0.4, 0.5) is 4.39 Å². The molecule has 0 radical (unpaired) electrons. The maximum absolute atomic E-state index is 13.2. The average Bonchev–Trinajstić information content (AvgIpc) is 2.86. The molecular weight excluding hydrogens is 297 g/mol. The largest absolute Gasteiger partial charge is 0.478 e. The van der Waals surface area contributed by atoms with Crippen LogP contribution in [0.2, 0.25) is 5.02 Å². The summed E-state index contributed by atoms with van der Waals surface area (Å²) in [5.41, 5.74) is 1.73. The van der Waals surface area contributed by atoms with E-state index in [1.807, 2.05) is 0 Å². The van der Waals surface area contributed by atoms with E-state index in [-0.39, 0.29) is 17.1 Å². The minimum absolute atomic E-state index is 0.00961. The summed E-state index contributed by atoms with van der Waals surface area (Å²) in [4.78, 5) is 11.3. The van der Waals surface area contributed by atoms with E-state index >= 15 is 0 Å². The van der Waals surface area contributed by atoms with E-state index in [1.165, 1.54) is 22.9 Å². The van der Waals surface area contributed by atoms with Crippen molar-refractivity contribution in [3.05, 3.63) is 58.4 Å². The van der Waals surface area contributed by atoms with Gasteiger partial charge in [-0.3, -0.25) is 0 Å². The Hall–Kier alpha value is -2.47. The molecule has 0 saturated heterocycles. The predicted octanol–water partition coefficient (Wildman–Crippen LogP) is 2.97. The van der Waals surface area contributed by atoms with Gasteiger partial charge in [0.2, 0.25) is 0 Å². The molecular formula is C14H9ClFN3O2. The molecule has 3 aromatic rings. The van der Waals surface area contributed by atoms with Crippen molar-refractivity contribution in [1.82, 2.24) is 15.0 Å². The Kier molecular flexibility index (Phi) is 3.31. The Balaban J connectivity index is 2.08. The van der Waals surface area contributed by atoms with Crippen LogP contribution in [0, 0.1) is 5.82 Å². The molecule has 2 aromatic carbocycles. The molecule has 0 atom stereocenters. The summed E-state index contributed by atoms with van der Waals surface area (Å²) >= 11 is 5.74. The van der Waals surface area contributed by atoms with E-state index in [4.69, 9.17) is 11.6 Å². The lowest BCUT2D eigenvalue weighted by Gasteiger charge is -2.05. The maximum Gasteiger partial charge on any atom is 0.337 e. The third-order valence-corrected chi connectivity index (χ3v) is 3.37. The number of hydrogen-bond acceptors (Lipinski definition) is 3. The number of benzene rings is 2. The highest BCUT2D eigenvalue weighted by atomic mass is 35.5. The Morgan fingerprint density at radius 2 is 2.14 bits per heavy atom. The lowest BCUT2D eigenvalue weighted by atomic mass is 10.1. The van der Waals surface area contributed by atoms with Gasteiger partial charge in [-0.25, -0.2) is 13.9 Å². The molecule has 21 heavy (non-hydrogen) atoms. The van der Waals surface area contributed by atoms with Gasteiger partial charge in [0, 0.05) is 0 Å². The second kappa shape index (κ2) is 5.14. The smallest absolute Gasteiger partial charge is 0.337 e. The summed E-state index contributed by atoms with van der Waals surface area (Å²) in [5.74, 6) is -1.56. The highest BCUT2D eigenvalue weighted by Gasteiger charge is 2.15. The number of rotatable bonds is 3. The summed E-state index contributed by atoms with van der Waals surface area (Å²) in [7, 11) is 0. The molecule has 0 aliphatic carbocycles. The number of nitrogens with zero attached hydrogens (tertiary/aromatic N) is 3. The van der Waals surface area contributed by atoms with E-state index in [9.17, 15) is 14.3 Å². The summed E-state index contributed by atoms with van der Waals surface area (Å²) < 4.78 is 14.6. The Morgan fingerprint density at radius 3 is 2.86 bits per heavy atom. The first-order valence-corrected chi connectivity index (χ1v) is 6.43. The predicted molar refractivity (Wildman–Crippen MR) is 75.0 cm³/mol. The number of halogens is 2. The lowest BCUT2D eigenvalue weighted by molar-refractivity contribution is 0.0698. The van der Waals surface area contributed by atoms with Crippen molar-refractivity contribution in [3.8, 4) is 0 Å². The molecule has 106 valence electrons. The van der Waals surface area contributed by atoms with E-state index in [2.05, 4.69) is 10.3 Å². The van der Waals surface area contributed by atoms with Gasteiger partial charge in [-0.05, 0) is 29.8 Å². The van der Waals surface area contributed by atoms with Crippen molar-refractivity contribution >= 4 is 28.6 Å². The zero-order chi connectivity index (χ0) is 15.0. The zero-order valence-corrected chi connectivity index (χ0v) is 11.4. The van der Waals surface area contributed by atoms with E-state index in [0.29, 0.717) is 16.6 Å². The minimum atomic E-state index is -1.05. The van der Waals surface area contributed by atoms with Crippen molar-refractivity contribution in [3.63, 3.8) is 0 Å². The number of aromatic carboxylic acids is 1. The van der Waals surface area contributed by atoms with Crippen LogP contribution in [0.25, 0.3) is 11.0 Å². The first-order valence-electron chi connectivity index (χ1n) is 6.05. The molecule has 1 aromatic heterocycles. The van der Waals surface area contributed by atoms with E-state index in [0.717, 1.165) is 0 Å². The third kappa shape index (κ3) is 2.45. The first kappa shape index (κ1) is 13.5. The van der Waals surface area contributed by atoms with Crippen LogP contribution in [-0.2, 0) is 6.54 Å². The van der Waals surface area contributed by atoms with Gasteiger partial charge in [-0.1, -0.05) is 28.9 Å². The van der Waals surface area contributed by atoms with E-state index in [1.54, 1.807) is 18.2 Å². The van der Waals surface area contributed by atoms with E-state index < -0.39 is 11.8 Å². The number of carbonyl (C=O) groups is 1. The Labute approximate surface area is 123 Å². The quantitative estimate of drug-likeness (QED) is 0.808. The van der Waals surface area contributed by atoms with Crippen LogP contribution in [0.5, 0.6) is 0 Å². The van der Waals surface area contributed by atoms with Gasteiger partial charge >= 0.3 is 5.97 Å². The maximum atomic E-state index is 13.2. The molecule has 0 bridgehead atoms. The summed E-state index contributed by atoms with van der Waals surface area (Å²) in [6.07, 6.45) is 0. The van der Waals surface area contributed by atoms with Crippen LogP contribution in [0.3, 0.4) is 0 Å². The van der Waals surface area contributed by atoms with Crippen molar-refractivity contribution in [2.75, 3.05) is 0 Å². The topological polar surface area (TPSA) is 68.0 Å². The standard InChI is InChI=1S/C14H9ClFN3O2/c15-10-6-8(4-5-11(10)16)7-19-13-9(14(20)21)2-1-3-12(13)17-18-19/h1-6H,7H2,(H,20,21). The number of fused-ring (bicyclic) bond motifs is 1. The third-order valence-electron chi connectivity index (χ3n) is 3.08. The van der Waals surface area contributed by atoms with Crippen LogP contribution in [-0.4, -0.2) is 26.1 Å². The molecule has 7 heteroatoms. The summed E-state index contributed by atoms with van der Waals surface area (Å²) in [6.45, 7) is 0.251. The monoisotopic (exact) mass is 305 g/mol. The van der Waals surface area contributed by atoms with Gasteiger partial charge in [-0.15, -0.1) is 5.10 Å². The van der Waals surface area contributed by atoms with Crippen molar-refractivity contribution in [1.29, 1.82) is 0 Å². The molecule has 3 rings (SSSR count). The Bertz CT molecular complexity index is 847. The number of aromatic nitrogens is 3. The average molecular weight is 306 g/mol.